The molecule has 5 nitrogen and oxygen atoms in total. The van der Waals surface area contributed by atoms with Gasteiger partial charge in [0.15, 0.2) is 0 Å². The van der Waals surface area contributed by atoms with Gasteiger partial charge in [-0.3, -0.25) is 9.36 Å². The van der Waals surface area contributed by atoms with E-state index in [1.54, 1.807) is 17.0 Å². The molecule has 8 heteroatoms. The summed E-state index contributed by atoms with van der Waals surface area (Å²) < 4.78 is 8.38. The van der Waals surface area contributed by atoms with Crippen LogP contribution < -0.4 is 10.3 Å². The van der Waals surface area contributed by atoms with Crippen LogP contribution in [0.2, 0.25) is 5.02 Å². The van der Waals surface area contributed by atoms with Crippen LogP contribution >= 0.6 is 35.3 Å². The molecule has 4 heterocycles. The molecule has 32 heavy (non-hydrogen) atoms. The largest absolute Gasteiger partial charge is 0.474 e. The van der Waals surface area contributed by atoms with E-state index in [4.69, 9.17) is 16.3 Å². The van der Waals surface area contributed by atoms with Crippen LogP contribution in [0.1, 0.15) is 12.8 Å². The lowest BCUT2D eigenvalue weighted by Gasteiger charge is -2.28. The van der Waals surface area contributed by atoms with Crippen LogP contribution in [-0.2, 0) is 0 Å². The van der Waals surface area contributed by atoms with Crippen molar-refractivity contribution < 1.29 is 4.74 Å². The fourth-order valence-electron chi connectivity index (χ4n) is 3.85. The molecule has 0 unspecified atom stereocenters. The highest BCUT2D eigenvalue weighted by Crippen LogP contribution is 2.32. The third-order valence-electron chi connectivity index (χ3n) is 5.66. The maximum absolute atomic E-state index is 13.1. The molecular formula is C24H23Cl2N3O2S. The number of benzene rings is 1. The molecule has 5 rings (SSSR count). The van der Waals surface area contributed by atoms with Gasteiger partial charge in [0.1, 0.15) is 10.8 Å². The molecule has 3 aromatic heterocycles. The third-order valence-corrected chi connectivity index (χ3v) is 7.10. The predicted octanol–water partition coefficient (Wildman–Crippen LogP) is 5.66. The second-order valence-corrected chi connectivity index (χ2v) is 9.36. The van der Waals surface area contributed by atoms with Crippen molar-refractivity contribution in [2.24, 2.45) is 0 Å². The average Bonchev–Trinajstić information content (AvgIpc) is 3.22. The van der Waals surface area contributed by atoms with Crippen LogP contribution in [0.25, 0.3) is 26.2 Å². The van der Waals surface area contributed by atoms with E-state index in [1.807, 2.05) is 48.5 Å². The van der Waals surface area contributed by atoms with Crippen LogP contribution in [0.15, 0.2) is 65.7 Å². The second-order valence-electron chi connectivity index (χ2n) is 7.87. The van der Waals surface area contributed by atoms with Crippen LogP contribution in [0.5, 0.6) is 5.88 Å². The molecule has 0 saturated carbocycles. The molecule has 0 N–H and O–H groups in total. The Morgan fingerprint density at radius 3 is 2.53 bits per heavy atom. The number of thiophene rings is 1. The summed E-state index contributed by atoms with van der Waals surface area (Å²) in [6.45, 7) is 2.08. The van der Waals surface area contributed by atoms with Crippen LogP contribution in [0.3, 0.4) is 0 Å². The van der Waals surface area contributed by atoms with Crippen LogP contribution in [0.4, 0.5) is 0 Å². The van der Waals surface area contributed by atoms with Crippen LogP contribution in [-0.4, -0.2) is 40.7 Å². The van der Waals surface area contributed by atoms with E-state index in [9.17, 15) is 4.79 Å². The fourth-order valence-corrected chi connectivity index (χ4v) is 5.06. The standard InChI is InChI=1S/C24H22ClN3O2S.ClH/c1-27-11-9-20(10-12-27)30-22-7-6-19(15-26-22)28-13-8-17-14-21(31-23(17)24(28)29)16-2-4-18(25)5-3-16;/h2-8,13-15,20H,9-12H2,1H3;1H. The van der Waals surface area contributed by atoms with Crippen LogP contribution in [0, 0.1) is 0 Å². The van der Waals surface area contributed by atoms with Gasteiger partial charge in [0.25, 0.3) is 5.56 Å². The zero-order valence-electron chi connectivity index (χ0n) is 17.5. The Morgan fingerprint density at radius 2 is 1.84 bits per heavy atom. The molecule has 166 valence electrons. The molecule has 0 bridgehead atoms. The number of ether oxygens (including phenoxy) is 1. The van der Waals surface area contributed by atoms with Gasteiger partial charge in [0.2, 0.25) is 5.88 Å². The smallest absolute Gasteiger partial charge is 0.273 e. The average molecular weight is 488 g/mol. The highest BCUT2D eigenvalue weighted by atomic mass is 35.5. The van der Waals surface area contributed by atoms with Gasteiger partial charge >= 0.3 is 0 Å². The van der Waals surface area contributed by atoms with Crippen molar-refractivity contribution >= 4 is 45.4 Å². The number of hydrogen-bond donors (Lipinski definition) is 0. The Morgan fingerprint density at radius 1 is 1.09 bits per heavy atom. The first-order valence-corrected chi connectivity index (χ1v) is 11.5. The highest BCUT2D eigenvalue weighted by Gasteiger charge is 2.18. The minimum atomic E-state index is -0.0477. The number of nitrogens with zero attached hydrogens (tertiary/aromatic N) is 3. The lowest BCUT2D eigenvalue weighted by molar-refractivity contribution is 0.110. The van der Waals surface area contributed by atoms with Crippen molar-refractivity contribution in [1.82, 2.24) is 14.5 Å². The van der Waals surface area contributed by atoms with Gasteiger partial charge in [0, 0.05) is 40.6 Å². The number of piperidine rings is 1. The Hall–Kier alpha value is -2.38. The lowest BCUT2D eigenvalue weighted by atomic mass is 10.1. The van der Waals surface area contributed by atoms with Gasteiger partial charge in [-0.15, -0.1) is 23.7 Å². The summed E-state index contributed by atoms with van der Waals surface area (Å²) in [7, 11) is 2.13. The van der Waals surface area contributed by atoms with Gasteiger partial charge in [-0.05, 0) is 55.8 Å². The Balaban J connectivity index is 0.00000245. The molecule has 4 aromatic rings. The van der Waals surface area contributed by atoms with Crippen molar-refractivity contribution in [3.63, 3.8) is 0 Å². The van der Waals surface area contributed by atoms with Crippen molar-refractivity contribution in [1.29, 1.82) is 0 Å². The topological polar surface area (TPSA) is 47.4 Å². The van der Waals surface area contributed by atoms with Gasteiger partial charge in [-0.1, -0.05) is 23.7 Å². The number of fused-ring (bicyclic) bond motifs is 1. The number of aromatic nitrogens is 2. The summed E-state index contributed by atoms with van der Waals surface area (Å²) in [5.41, 5.74) is 1.73. The molecule has 1 aliphatic heterocycles. The summed E-state index contributed by atoms with van der Waals surface area (Å²) >= 11 is 7.49. The molecule has 1 aliphatic rings. The van der Waals surface area contributed by atoms with Gasteiger partial charge in [-0.2, -0.15) is 0 Å². The SMILES string of the molecule is CN1CCC(Oc2ccc(-n3ccc4cc(-c5ccc(Cl)cc5)sc4c3=O)cn2)CC1.Cl. The lowest BCUT2D eigenvalue weighted by Crippen LogP contribution is -2.35. The highest BCUT2D eigenvalue weighted by molar-refractivity contribution is 7.22. The van der Waals surface area contributed by atoms with Gasteiger partial charge in [0.05, 0.1) is 11.9 Å². The minimum Gasteiger partial charge on any atom is -0.474 e. The molecule has 0 aliphatic carbocycles. The Kier molecular flexibility index (Phi) is 6.86. The van der Waals surface area contributed by atoms with E-state index < -0.39 is 0 Å². The van der Waals surface area contributed by atoms with Crippen molar-refractivity contribution in [2.75, 3.05) is 20.1 Å². The maximum atomic E-state index is 13.1. The zero-order chi connectivity index (χ0) is 21.4. The molecule has 1 aromatic carbocycles. The van der Waals surface area contributed by atoms with E-state index in [-0.39, 0.29) is 24.1 Å². The Labute approximate surface area is 201 Å². The van der Waals surface area contributed by atoms with Gasteiger partial charge in [-0.25, -0.2) is 4.98 Å². The molecule has 0 amide bonds. The summed E-state index contributed by atoms with van der Waals surface area (Å²) in [5.74, 6) is 0.605. The summed E-state index contributed by atoms with van der Waals surface area (Å²) in [6, 6.07) is 15.4. The first-order valence-electron chi connectivity index (χ1n) is 10.3. The zero-order valence-corrected chi connectivity index (χ0v) is 19.9. The molecular weight excluding hydrogens is 465 g/mol. The third kappa shape index (κ3) is 4.69. The summed E-state index contributed by atoms with van der Waals surface area (Å²) in [4.78, 5) is 20.9. The normalized spacial score (nSPS) is 14.9. The number of pyridine rings is 2. The number of halogens is 2. The van der Waals surface area contributed by atoms with Crippen molar-refractivity contribution in [2.45, 2.75) is 18.9 Å². The van der Waals surface area contributed by atoms with E-state index in [2.05, 4.69) is 16.9 Å². The van der Waals surface area contributed by atoms with E-state index in [1.165, 1.54) is 11.3 Å². The van der Waals surface area contributed by atoms with Crippen molar-refractivity contribution in [3.05, 3.63) is 76.3 Å². The quantitative estimate of drug-likeness (QED) is 0.372. The predicted molar refractivity (Wildman–Crippen MR) is 134 cm³/mol. The molecule has 1 fully saturated rings. The maximum Gasteiger partial charge on any atom is 0.273 e. The van der Waals surface area contributed by atoms with E-state index in [0.717, 1.165) is 52.1 Å². The van der Waals surface area contributed by atoms with Gasteiger partial charge < -0.3 is 9.64 Å². The summed E-state index contributed by atoms with van der Waals surface area (Å²) in [6.07, 6.45) is 5.71. The first kappa shape index (κ1) is 22.8. The Bertz CT molecular complexity index is 1260. The van der Waals surface area contributed by atoms with E-state index >= 15 is 0 Å². The number of rotatable bonds is 4. The summed E-state index contributed by atoms with van der Waals surface area (Å²) in [5, 5.41) is 1.63. The first-order chi connectivity index (χ1) is 15.1. The van der Waals surface area contributed by atoms with Crippen molar-refractivity contribution in [3.8, 4) is 22.0 Å². The second kappa shape index (κ2) is 9.63. The van der Waals surface area contributed by atoms with E-state index in [0.29, 0.717) is 10.9 Å². The number of likely N-dealkylation sites (tertiary alicyclic amines) is 1. The molecule has 0 radical (unpaired) electrons. The molecule has 1 saturated heterocycles. The fraction of sp³-hybridized carbons (Fsp3) is 0.250. The number of hydrogen-bond acceptors (Lipinski definition) is 5. The minimum absolute atomic E-state index is 0. The monoisotopic (exact) mass is 487 g/mol. The molecule has 0 atom stereocenters. The molecule has 0 spiro atoms.